The Morgan fingerprint density at radius 2 is 1.72 bits per heavy atom. The number of carboxylic acid groups (broad SMARTS) is 1. The van der Waals surface area contributed by atoms with E-state index in [1.807, 2.05) is 56.8 Å². The van der Waals surface area contributed by atoms with Crippen LogP contribution >= 0.6 is 0 Å². The molecule has 2 N–H and O–H groups in total. The molecule has 5 fully saturated rings. The first-order valence-corrected chi connectivity index (χ1v) is 26.1. The average molecular weight is 1070 g/mol. The number of benzene rings is 3. The van der Waals surface area contributed by atoms with Gasteiger partial charge in [-0.1, -0.05) is 50.8 Å². The number of amides is 1. The molecule has 1 saturated carbocycles. The minimum Gasteiger partial charge on any atom is -0.486 e. The van der Waals surface area contributed by atoms with Crippen LogP contribution in [0.5, 0.6) is 11.8 Å². The SMILES string of the molecule is CCc1cc(COc2c(-c3c(C)c(F)cc4c3cnn4C3CCCCO3)c(C3CC3)cc3c(N4C[C@@H]5C[C@H]4CN5C(=O)OC(C)(C)O)nc(OC4CCOCC4)nc23)ccc1C(C)=O.C[CH-]C(C(=O)O)C(C)C.[CH3-].[V+2]. The Morgan fingerprint density at radius 1 is 0.973 bits per heavy atom. The van der Waals surface area contributed by atoms with E-state index in [1.165, 1.54) is 13.8 Å². The van der Waals surface area contributed by atoms with E-state index < -0.39 is 17.8 Å². The smallest absolute Gasteiger partial charge is 0.486 e. The molecule has 0 spiro atoms. The van der Waals surface area contributed by atoms with Gasteiger partial charge in [-0.05, 0) is 93.0 Å². The number of likely N-dealkylation sites (tertiary alicyclic amines) is 1. The van der Waals surface area contributed by atoms with E-state index in [4.69, 9.17) is 43.9 Å². The van der Waals surface area contributed by atoms with Crippen molar-refractivity contribution in [1.29, 1.82) is 0 Å². The van der Waals surface area contributed by atoms with Crippen molar-refractivity contribution in [3.63, 3.8) is 0 Å². The second kappa shape index (κ2) is 23.9. The molecule has 1 aliphatic carbocycles. The van der Waals surface area contributed by atoms with Crippen LogP contribution in [0.4, 0.5) is 15.0 Å². The molecule has 4 aliphatic heterocycles. The van der Waals surface area contributed by atoms with Crippen LogP contribution in [0.15, 0.2) is 36.5 Å². The number of aliphatic carboxylic acids is 1. The number of anilines is 1. The van der Waals surface area contributed by atoms with Gasteiger partial charge in [-0.25, -0.2) is 13.9 Å². The minimum atomic E-state index is -1.60. The van der Waals surface area contributed by atoms with E-state index in [2.05, 4.69) is 11.0 Å². The summed E-state index contributed by atoms with van der Waals surface area (Å²) in [7, 11) is 0. The van der Waals surface area contributed by atoms with Gasteiger partial charge < -0.3 is 57.5 Å². The zero-order chi connectivity index (χ0) is 51.9. The van der Waals surface area contributed by atoms with Crippen LogP contribution in [-0.4, -0.2) is 110 Å². The molecule has 16 nitrogen and oxygen atoms in total. The third-order valence-corrected chi connectivity index (χ3v) is 14.9. The minimum absolute atomic E-state index is 0. The molecule has 18 heteroatoms. The Kier molecular flexibility index (Phi) is 18.3. The van der Waals surface area contributed by atoms with Crippen molar-refractivity contribution in [1.82, 2.24) is 24.6 Å². The van der Waals surface area contributed by atoms with Crippen LogP contribution < -0.4 is 14.4 Å². The van der Waals surface area contributed by atoms with Gasteiger partial charge in [-0.15, -0.1) is 0 Å². The number of carbonyl (C=O) groups is 3. The monoisotopic (exact) mass is 1070 g/mol. The van der Waals surface area contributed by atoms with Crippen molar-refractivity contribution in [2.75, 3.05) is 37.8 Å². The Hall–Kier alpha value is -5.33. The molecule has 75 heavy (non-hydrogen) atoms. The van der Waals surface area contributed by atoms with Gasteiger partial charge in [-0.2, -0.15) is 22.0 Å². The third-order valence-electron chi connectivity index (χ3n) is 14.9. The van der Waals surface area contributed by atoms with E-state index in [9.17, 15) is 19.5 Å². The Morgan fingerprint density at radius 3 is 2.31 bits per heavy atom. The summed E-state index contributed by atoms with van der Waals surface area (Å²) in [5, 5.41) is 25.2. The van der Waals surface area contributed by atoms with Gasteiger partial charge in [0.2, 0.25) is 5.79 Å². The van der Waals surface area contributed by atoms with Crippen LogP contribution in [0.2, 0.25) is 0 Å². The van der Waals surface area contributed by atoms with Gasteiger partial charge in [-0.3, -0.25) is 9.59 Å². The summed E-state index contributed by atoms with van der Waals surface area (Å²) in [6, 6.07) is 9.52. The van der Waals surface area contributed by atoms with E-state index in [-0.39, 0.29) is 92.4 Å². The number of ketones is 1. The van der Waals surface area contributed by atoms with Gasteiger partial charge >= 0.3 is 30.7 Å². The van der Waals surface area contributed by atoms with Gasteiger partial charge in [0.05, 0.1) is 37.0 Å². The number of aromatic nitrogens is 4. The second-order valence-corrected chi connectivity index (χ2v) is 21.1. The van der Waals surface area contributed by atoms with E-state index >= 15 is 4.39 Å². The van der Waals surface area contributed by atoms with E-state index in [1.54, 1.807) is 31.2 Å². The number of ether oxygens (including phenoxy) is 5. The molecular formula is C57H73FN6O10V. The maximum atomic E-state index is 16.6. The fourth-order valence-electron chi connectivity index (χ4n) is 11.0. The van der Waals surface area contributed by atoms with Crippen LogP contribution in [0.1, 0.15) is 145 Å². The number of aryl methyl sites for hydroxylation is 1. The molecule has 2 aromatic heterocycles. The third kappa shape index (κ3) is 12.3. The largest absolute Gasteiger partial charge is 2.00 e. The number of carboxylic acids is 1. The molecule has 403 valence electrons. The van der Waals surface area contributed by atoms with Crippen LogP contribution in [0, 0.1) is 38.4 Å². The number of piperazine rings is 1. The van der Waals surface area contributed by atoms with Crippen molar-refractivity contribution in [3.05, 3.63) is 84.0 Å². The zero-order valence-corrected chi connectivity index (χ0v) is 46.3. The number of hydrogen-bond acceptors (Lipinski definition) is 13. The van der Waals surface area contributed by atoms with Gasteiger partial charge in [0.1, 0.15) is 29.9 Å². The number of rotatable bonds is 15. The second-order valence-electron chi connectivity index (χ2n) is 21.1. The Bertz CT molecular complexity index is 2870. The van der Waals surface area contributed by atoms with E-state index in [0.29, 0.717) is 97.9 Å². The average Bonchev–Trinajstić information content (AvgIpc) is 3.79. The molecule has 5 aromatic rings. The molecule has 5 aliphatic rings. The molecule has 6 heterocycles. The maximum Gasteiger partial charge on any atom is 2.00 e. The van der Waals surface area contributed by atoms with Gasteiger partial charge in [0.25, 0.3) is 5.97 Å². The fraction of sp³-hybridized carbons (Fsp3) is 0.544. The Balaban J connectivity index is 0.000000684. The standard InChI is InChI=1S/C49H57FN6O8.C7H13O2.CH3.V/c1-6-30-19-29(10-13-35(30)28(3)57)26-62-45-43(42-27(2)39(50)22-40-38(42)23-51-56(40)41-9-7-8-16-61-41)36(31-11-12-31)21-37-44(45)52-47(63-34-14-17-60-18-15-34)53-46(37)54-24-33-20-32(54)25-55(33)48(58)64-49(4,5)59;1-4-6(5(2)3)7(8)9;;/h10,13,19,21-23,31-34,41,59H,6-9,11-12,14-18,20,24-26H2,1-5H3;4-6H,1-3H3,(H,8,9);1H3;/q;2*-1;+2/t32-,33-,41?;;;/m0.../s1. The summed E-state index contributed by atoms with van der Waals surface area (Å²) in [4.78, 5) is 50.5. The molecule has 3 aromatic carbocycles. The van der Waals surface area contributed by atoms with E-state index in [0.717, 1.165) is 65.1 Å². The molecule has 2 bridgehead atoms. The summed E-state index contributed by atoms with van der Waals surface area (Å²) in [5.74, 6) is -1.43. The number of nitrogens with zero attached hydrogens (tertiary/aromatic N) is 6. The molecule has 4 atom stereocenters. The summed E-state index contributed by atoms with van der Waals surface area (Å²) in [6.07, 6.45) is 9.93. The van der Waals surface area contributed by atoms with Crippen LogP contribution in [0.25, 0.3) is 32.9 Å². The number of halogens is 1. The summed E-state index contributed by atoms with van der Waals surface area (Å²) < 4.78 is 49.5. The van der Waals surface area contributed by atoms with Crippen LogP contribution in [-0.2, 0) is 50.6 Å². The van der Waals surface area contributed by atoms with Crippen LogP contribution in [0.3, 0.4) is 0 Å². The fourth-order valence-corrected chi connectivity index (χ4v) is 11.0. The number of Topliss-reactive ketones (excluding diaryl/α,β-unsaturated/α-hetero) is 1. The van der Waals surface area contributed by atoms with Crippen molar-refractivity contribution in [2.45, 2.75) is 156 Å². The predicted octanol–water partition coefficient (Wildman–Crippen LogP) is 10.7. The zero-order valence-electron chi connectivity index (χ0n) is 44.9. The van der Waals surface area contributed by atoms with Crippen molar-refractivity contribution < 1.29 is 71.2 Å². The first-order valence-electron chi connectivity index (χ1n) is 26.1. The number of aliphatic hydroxyl groups is 1. The molecule has 1 amide bonds. The Labute approximate surface area is 451 Å². The maximum absolute atomic E-state index is 16.6. The number of fused-ring (bicyclic) bond motifs is 4. The molecule has 2 unspecified atom stereocenters. The first kappa shape index (κ1) is 57.4. The predicted molar refractivity (Wildman–Crippen MR) is 280 cm³/mol. The normalized spacial score (nSPS) is 20.1. The summed E-state index contributed by atoms with van der Waals surface area (Å²) >= 11 is 0. The van der Waals surface area contributed by atoms with Crippen molar-refractivity contribution >= 4 is 45.5 Å². The topological polar surface area (TPSA) is 188 Å². The molecule has 10 rings (SSSR count). The van der Waals surface area contributed by atoms with Gasteiger partial charge in [0.15, 0.2) is 17.8 Å². The molecule has 1 radical (unpaired) electrons. The molecular weight excluding hydrogens is 999 g/mol. The summed E-state index contributed by atoms with van der Waals surface area (Å²) in [6.45, 7) is 16.7. The molecule has 4 saturated heterocycles. The quantitative estimate of drug-likeness (QED) is 0.0572. The van der Waals surface area contributed by atoms with Crippen molar-refractivity contribution in [2.24, 2.45) is 11.8 Å². The number of hydrogen-bond donors (Lipinski definition) is 2. The van der Waals surface area contributed by atoms with Crippen molar-refractivity contribution in [3.8, 4) is 22.9 Å². The number of carbonyl (C=O) groups excluding carboxylic acids is 2. The first-order chi connectivity index (χ1) is 34.9. The summed E-state index contributed by atoms with van der Waals surface area (Å²) in [5.41, 5.74) is 6.64. The van der Waals surface area contributed by atoms with Gasteiger partial charge in [0, 0.05) is 79.9 Å².